The number of aromatic nitrogens is 3. The van der Waals surface area contributed by atoms with E-state index in [0.717, 1.165) is 37.3 Å². The molecule has 7 nitrogen and oxygen atoms in total. The second-order valence-corrected chi connectivity index (χ2v) is 5.77. The predicted octanol–water partition coefficient (Wildman–Crippen LogP) is 2.13. The van der Waals surface area contributed by atoms with Crippen LogP contribution in [0.25, 0.3) is 0 Å². The van der Waals surface area contributed by atoms with Crippen LogP contribution in [0.5, 0.6) is 5.88 Å². The number of carboxylic acids is 1. The summed E-state index contributed by atoms with van der Waals surface area (Å²) in [6, 6.07) is 3.58. The molecule has 0 radical (unpaired) electrons. The van der Waals surface area contributed by atoms with E-state index in [4.69, 9.17) is 9.84 Å². The summed E-state index contributed by atoms with van der Waals surface area (Å²) in [5, 5.41) is 13.6. The molecule has 1 unspecified atom stereocenters. The van der Waals surface area contributed by atoms with Gasteiger partial charge in [-0.15, -0.1) is 0 Å². The minimum atomic E-state index is -1.04. The van der Waals surface area contributed by atoms with Gasteiger partial charge in [0, 0.05) is 19.3 Å². The number of methoxy groups -OCH3 is 1. The minimum Gasteiger partial charge on any atom is -0.480 e. The maximum Gasteiger partial charge on any atom is 0.341 e. The summed E-state index contributed by atoms with van der Waals surface area (Å²) in [6.07, 6.45) is 6.02. The van der Waals surface area contributed by atoms with Crippen LogP contribution in [-0.4, -0.2) is 46.0 Å². The summed E-state index contributed by atoms with van der Waals surface area (Å²) in [4.78, 5) is 17.7. The number of hydrogen-bond acceptors (Lipinski definition) is 5. The SMILES string of the molecule is COc1nc(N2CCCC(n3cc(C)cn3)C2)ccc1C(=O)O. The highest BCUT2D eigenvalue weighted by molar-refractivity contribution is 5.90. The maximum absolute atomic E-state index is 11.2. The molecule has 2 aromatic rings. The van der Waals surface area contributed by atoms with Crippen LogP contribution >= 0.6 is 0 Å². The zero-order valence-electron chi connectivity index (χ0n) is 13.3. The Morgan fingerprint density at radius 2 is 2.26 bits per heavy atom. The summed E-state index contributed by atoms with van der Waals surface area (Å²) < 4.78 is 7.12. The topological polar surface area (TPSA) is 80.5 Å². The molecule has 0 bridgehead atoms. The van der Waals surface area contributed by atoms with Gasteiger partial charge < -0.3 is 14.7 Å². The molecule has 23 heavy (non-hydrogen) atoms. The molecule has 3 heterocycles. The van der Waals surface area contributed by atoms with Gasteiger partial charge in [0.1, 0.15) is 11.4 Å². The van der Waals surface area contributed by atoms with E-state index < -0.39 is 5.97 Å². The fourth-order valence-electron chi connectivity index (χ4n) is 2.94. The monoisotopic (exact) mass is 316 g/mol. The quantitative estimate of drug-likeness (QED) is 0.931. The third-order valence-corrected chi connectivity index (χ3v) is 4.09. The highest BCUT2D eigenvalue weighted by Crippen LogP contribution is 2.27. The molecule has 1 aliphatic rings. The summed E-state index contributed by atoms with van der Waals surface area (Å²) >= 11 is 0. The lowest BCUT2D eigenvalue weighted by Gasteiger charge is -2.33. The molecule has 1 saturated heterocycles. The Bertz CT molecular complexity index is 713. The van der Waals surface area contributed by atoms with Crippen LogP contribution in [0.15, 0.2) is 24.5 Å². The molecule has 122 valence electrons. The number of nitrogens with zero attached hydrogens (tertiary/aromatic N) is 4. The predicted molar refractivity (Wildman–Crippen MR) is 85.2 cm³/mol. The Morgan fingerprint density at radius 3 is 2.91 bits per heavy atom. The van der Waals surface area contributed by atoms with E-state index in [0.29, 0.717) is 6.04 Å². The lowest BCUT2D eigenvalue weighted by atomic mass is 10.1. The van der Waals surface area contributed by atoms with Crippen LogP contribution in [-0.2, 0) is 0 Å². The van der Waals surface area contributed by atoms with Crippen molar-refractivity contribution < 1.29 is 14.6 Å². The Hall–Kier alpha value is -2.57. The van der Waals surface area contributed by atoms with Gasteiger partial charge >= 0.3 is 5.97 Å². The molecule has 3 rings (SSSR count). The molecule has 2 aromatic heterocycles. The van der Waals surface area contributed by atoms with Crippen LogP contribution in [0.1, 0.15) is 34.8 Å². The molecular weight excluding hydrogens is 296 g/mol. The molecule has 1 aliphatic heterocycles. The standard InChI is InChI=1S/C16H20N4O3/c1-11-8-17-20(9-11)12-4-3-7-19(10-12)14-6-5-13(16(21)22)15(18-14)23-2/h5-6,8-9,12H,3-4,7,10H2,1-2H3,(H,21,22). The number of pyridine rings is 1. The molecule has 1 fully saturated rings. The number of anilines is 1. The van der Waals surface area contributed by atoms with Crippen LogP contribution in [0.4, 0.5) is 5.82 Å². The van der Waals surface area contributed by atoms with E-state index in [1.165, 1.54) is 7.11 Å². The van der Waals surface area contributed by atoms with Gasteiger partial charge in [0.2, 0.25) is 5.88 Å². The third kappa shape index (κ3) is 3.13. The number of carboxylic acid groups (broad SMARTS) is 1. The normalized spacial score (nSPS) is 18.0. The number of aromatic carboxylic acids is 1. The Labute approximate surface area is 134 Å². The number of aryl methyl sites for hydroxylation is 1. The van der Waals surface area contributed by atoms with E-state index in [1.54, 1.807) is 12.1 Å². The first-order valence-corrected chi connectivity index (χ1v) is 7.62. The number of rotatable bonds is 4. The second kappa shape index (κ2) is 6.28. The van der Waals surface area contributed by atoms with E-state index in [-0.39, 0.29) is 11.4 Å². The highest BCUT2D eigenvalue weighted by atomic mass is 16.5. The summed E-state index contributed by atoms with van der Waals surface area (Å²) in [7, 11) is 1.43. The summed E-state index contributed by atoms with van der Waals surface area (Å²) in [5.41, 5.74) is 1.22. The van der Waals surface area contributed by atoms with Gasteiger partial charge in [-0.3, -0.25) is 4.68 Å². The fraction of sp³-hybridized carbons (Fsp3) is 0.438. The largest absolute Gasteiger partial charge is 0.480 e. The molecule has 1 atom stereocenters. The Kier molecular flexibility index (Phi) is 4.18. The van der Waals surface area contributed by atoms with Gasteiger partial charge in [0.05, 0.1) is 19.3 Å². The van der Waals surface area contributed by atoms with Crippen molar-refractivity contribution in [2.75, 3.05) is 25.1 Å². The molecule has 0 aliphatic carbocycles. The van der Waals surface area contributed by atoms with Crippen LogP contribution < -0.4 is 9.64 Å². The zero-order chi connectivity index (χ0) is 16.4. The summed E-state index contributed by atoms with van der Waals surface area (Å²) in [6.45, 7) is 3.71. The second-order valence-electron chi connectivity index (χ2n) is 5.77. The highest BCUT2D eigenvalue weighted by Gasteiger charge is 2.24. The lowest BCUT2D eigenvalue weighted by molar-refractivity contribution is 0.0692. The molecule has 0 spiro atoms. The van der Waals surface area contributed by atoms with Crippen molar-refractivity contribution in [1.29, 1.82) is 0 Å². The minimum absolute atomic E-state index is 0.0764. The molecule has 0 saturated carbocycles. The first kappa shape index (κ1) is 15.3. The van der Waals surface area contributed by atoms with Crippen molar-refractivity contribution in [1.82, 2.24) is 14.8 Å². The van der Waals surface area contributed by atoms with Crippen molar-refractivity contribution in [2.45, 2.75) is 25.8 Å². The van der Waals surface area contributed by atoms with Gasteiger partial charge in [-0.2, -0.15) is 10.1 Å². The van der Waals surface area contributed by atoms with E-state index in [1.807, 2.05) is 17.8 Å². The number of carbonyl (C=O) groups is 1. The van der Waals surface area contributed by atoms with Gasteiger partial charge in [0.25, 0.3) is 0 Å². The average Bonchev–Trinajstić information content (AvgIpc) is 3.01. The van der Waals surface area contributed by atoms with Crippen molar-refractivity contribution in [3.05, 3.63) is 35.7 Å². The van der Waals surface area contributed by atoms with Gasteiger partial charge in [0.15, 0.2) is 0 Å². The molecule has 0 amide bonds. The van der Waals surface area contributed by atoms with E-state index in [9.17, 15) is 4.79 Å². The van der Waals surface area contributed by atoms with Crippen LogP contribution in [0, 0.1) is 6.92 Å². The van der Waals surface area contributed by atoms with Gasteiger partial charge in [-0.25, -0.2) is 4.79 Å². The van der Waals surface area contributed by atoms with Gasteiger partial charge in [-0.1, -0.05) is 0 Å². The molecular formula is C16H20N4O3. The Morgan fingerprint density at radius 1 is 1.43 bits per heavy atom. The average molecular weight is 316 g/mol. The molecule has 0 aromatic carbocycles. The van der Waals surface area contributed by atoms with Crippen molar-refractivity contribution in [3.63, 3.8) is 0 Å². The van der Waals surface area contributed by atoms with Crippen molar-refractivity contribution in [3.8, 4) is 5.88 Å². The molecule has 7 heteroatoms. The van der Waals surface area contributed by atoms with Crippen LogP contribution in [0.3, 0.4) is 0 Å². The lowest BCUT2D eigenvalue weighted by Crippen LogP contribution is -2.37. The van der Waals surface area contributed by atoms with Crippen LogP contribution in [0.2, 0.25) is 0 Å². The first-order valence-electron chi connectivity index (χ1n) is 7.62. The van der Waals surface area contributed by atoms with Gasteiger partial charge in [-0.05, 0) is 37.5 Å². The third-order valence-electron chi connectivity index (χ3n) is 4.09. The molecule has 1 N–H and O–H groups in total. The number of ether oxygens (including phenoxy) is 1. The number of hydrogen-bond donors (Lipinski definition) is 1. The maximum atomic E-state index is 11.2. The summed E-state index contributed by atoms with van der Waals surface area (Å²) in [5.74, 6) is -0.156. The van der Waals surface area contributed by atoms with E-state index in [2.05, 4.69) is 21.2 Å². The Balaban J connectivity index is 1.82. The zero-order valence-corrected chi connectivity index (χ0v) is 13.3. The smallest absolute Gasteiger partial charge is 0.341 e. The fourth-order valence-corrected chi connectivity index (χ4v) is 2.94. The first-order chi connectivity index (χ1) is 11.1. The van der Waals surface area contributed by atoms with E-state index >= 15 is 0 Å². The number of piperidine rings is 1. The van der Waals surface area contributed by atoms with Crippen molar-refractivity contribution >= 4 is 11.8 Å². The van der Waals surface area contributed by atoms with Crippen molar-refractivity contribution in [2.24, 2.45) is 0 Å².